The molecule has 31 heavy (non-hydrogen) atoms. The molecule has 0 aliphatic carbocycles. The van der Waals surface area contributed by atoms with E-state index in [1.807, 2.05) is 43.7 Å². The molecule has 0 aliphatic rings. The van der Waals surface area contributed by atoms with Crippen molar-refractivity contribution in [3.63, 3.8) is 0 Å². The van der Waals surface area contributed by atoms with E-state index < -0.39 is 0 Å². The third-order valence-corrected chi connectivity index (χ3v) is 5.59. The summed E-state index contributed by atoms with van der Waals surface area (Å²) in [5.74, 6) is -0.223. The van der Waals surface area contributed by atoms with Gasteiger partial charge in [0.05, 0.1) is 18.7 Å². The van der Waals surface area contributed by atoms with Gasteiger partial charge in [-0.3, -0.25) is 14.3 Å². The van der Waals surface area contributed by atoms with E-state index in [9.17, 15) is 9.59 Å². The van der Waals surface area contributed by atoms with Crippen LogP contribution in [0.1, 0.15) is 33.6 Å². The van der Waals surface area contributed by atoms with E-state index in [1.54, 1.807) is 22.9 Å². The topological polar surface area (TPSA) is 94.9 Å². The van der Waals surface area contributed by atoms with Crippen molar-refractivity contribution >= 4 is 17.5 Å². The van der Waals surface area contributed by atoms with Crippen molar-refractivity contribution in [2.45, 2.75) is 53.4 Å². The summed E-state index contributed by atoms with van der Waals surface area (Å²) in [4.78, 5) is 25.6. The quantitative estimate of drug-likeness (QED) is 0.561. The van der Waals surface area contributed by atoms with Gasteiger partial charge < -0.3 is 15.6 Å². The number of halogens is 1. The maximum atomic E-state index is 13.0. The molecule has 3 rings (SSSR count). The summed E-state index contributed by atoms with van der Waals surface area (Å²) in [7, 11) is 0. The van der Waals surface area contributed by atoms with Crippen LogP contribution in [0, 0.1) is 20.8 Å². The Balaban J connectivity index is 1.69. The summed E-state index contributed by atoms with van der Waals surface area (Å²) in [6.07, 6.45) is 1.79. The predicted octanol–water partition coefficient (Wildman–Crippen LogP) is 2.64. The molecule has 0 radical (unpaired) electrons. The standard InChI is InChI=1S/C23H28ClN5O2/c1-15-6-7-28(8-9-29-17(3)10-16(2)27-29)23(31)21(15)12-22(30)26-14-19-11-20(24)5-4-18(19)13-25/h4-7,10-11H,8-9,12-14,25H2,1-3H3,(H,26,30). The Bertz CT molecular complexity index is 1150. The Labute approximate surface area is 186 Å². The van der Waals surface area contributed by atoms with E-state index in [-0.39, 0.29) is 17.9 Å². The lowest BCUT2D eigenvalue weighted by molar-refractivity contribution is -0.120. The molecule has 164 valence electrons. The van der Waals surface area contributed by atoms with Crippen molar-refractivity contribution in [2.24, 2.45) is 5.73 Å². The molecule has 0 fully saturated rings. The van der Waals surface area contributed by atoms with Crippen molar-refractivity contribution < 1.29 is 4.79 Å². The van der Waals surface area contributed by atoms with Crippen molar-refractivity contribution in [3.8, 4) is 0 Å². The second kappa shape index (κ2) is 9.94. The van der Waals surface area contributed by atoms with Gasteiger partial charge in [-0.25, -0.2) is 0 Å². The highest BCUT2D eigenvalue weighted by Crippen LogP contribution is 2.16. The van der Waals surface area contributed by atoms with Gasteiger partial charge in [-0.15, -0.1) is 0 Å². The van der Waals surface area contributed by atoms with Crippen molar-refractivity contribution in [2.75, 3.05) is 0 Å². The summed E-state index contributed by atoms with van der Waals surface area (Å²) in [6.45, 7) is 7.52. The number of aryl methyl sites for hydroxylation is 5. The van der Waals surface area contributed by atoms with E-state index in [0.717, 1.165) is 28.1 Å². The van der Waals surface area contributed by atoms with Crippen LogP contribution in [0.25, 0.3) is 0 Å². The Morgan fingerprint density at radius 1 is 1.13 bits per heavy atom. The minimum Gasteiger partial charge on any atom is -0.352 e. The monoisotopic (exact) mass is 441 g/mol. The maximum absolute atomic E-state index is 13.0. The zero-order valence-corrected chi connectivity index (χ0v) is 18.9. The van der Waals surface area contributed by atoms with Gasteiger partial charge in [0.1, 0.15) is 0 Å². The first kappa shape index (κ1) is 22.8. The molecule has 1 amide bonds. The normalized spacial score (nSPS) is 11.0. The SMILES string of the molecule is Cc1cc(C)n(CCn2ccc(C)c(CC(=O)NCc3cc(Cl)ccc3CN)c2=O)n1. The number of pyridine rings is 1. The molecule has 0 saturated carbocycles. The highest BCUT2D eigenvalue weighted by molar-refractivity contribution is 6.30. The van der Waals surface area contributed by atoms with Gasteiger partial charge in [-0.1, -0.05) is 17.7 Å². The summed E-state index contributed by atoms with van der Waals surface area (Å²) in [6, 6.07) is 9.30. The fourth-order valence-electron chi connectivity index (χ4n) is 3.58. The molecule has 2 heterocycles. The summed E-state index contributed by atoms with van der Waals surface area (Å²) in [5.41, 5.74) is 10.7. The third-order valence-electron chi connectivity index (χ3n) is 5.36. The summed E-state index contributed by atoms with van der Waals surface area (Å²) >= 11 is 6.06. The molecule has 8 heteroatoms. The van der Waals surface area contributed by atoms with Crippen LogP contribution >= 0.6 is 11.6 Å². The van der Waals surface area contributed by atoms with E-state index in [2.05, 4.69) is 10.4 Å². The Morgan fingerprint density at radius 2 is 1.90 bits per heavy atom. The smallest absolute Gasteiger partial charge is 0.254 e. The van der Waals surface area contributed by atoms with Crippen LogP contribution < -0.4 is 16.6 Å². The van der Waals surface area contributed by atoms with Gasteiger partial charge in [-0.2, -0.15) is 5.10 Å². The molecule has 0 saturated heterocycles. The van der Waals surface area contributed by atoms with E-state index >= 15 is 0 Å². The third kappa shape index (κ3) is 5.62. The number of aromatic nitrogens is 3. The Hall–Kier alpha value is -2.90. The fourth-order valence-corrected chi connectivity index (χ4v) is 3.78. The van der Waals surface area contributed by atoms with E-state index in [4.69, 9.17) is 17.3 Å². The number of nitrogens with one attached hydrogen (secondary N) is 1. The van der Waals surface area contributed by atoms with Gasteiger partial charge in [0.25, 0.3) is 5.56 Å². The zero-order valence-electron chi connectivity index (χ0n) is 18.1. The average molecular weight is 442 g/mol. The second-order valence-corrected chi connectivity index (χ2v) is 8.13. The van der Waals surface area contributed by atoms with E-state index in [1.165, 1.54) is 0 Å². The summed E-state index contributed by atoms with van der Waals surface area (Å²) in [5, 5.41) is 7.90. The van der Waals surface area contributed by atoms with Crippen molar-refractivity contribution in [3.05, 3.63) is 85.5 Å². The minimum atomic E-state index is -0.223. The predicted molar refractivity (Wildman–Crippen MR) is 122 cm³/mol. The van der Waals surface area contributed by atoms with Crippen LogP contribution in [0.3, 0.4) is 0 Å². The number of amides is 1. The molecule has 0 spiro atoms. The number of nitrogens with zero attached hydrogens (tertiary/aromatic N) is 3. The first-order chi connectivity index (χ1) is 14.8. The molecule has 7 nitrogen and oxygen atoms in total. The highest BCUT2D eigenvalue weighted by atomic mass is 35.5. The number of nitrogens with two attached hydrogens (primary N) is 1. The van der Waals surface area contributed by atoms with E-state index in [0.29, 0.717) is 36.8 Å². The van der Waals surface area contributed by atoms with Crippen LogP contribution in [0.2, 0.25) is 5.02 Å². The first-order valence-electron chi connectivity index (χ1n) is 10.2. The van der Waals surface area contributed by atoms with Crippen LogP contribution in [-0.2, 0) is 37.4 Å². The molecule has 1 aromatic carbocycles. The molecule has 0 atom stereocenters. The lowest BCUT2D eigenvalue weighted by Crippen LogP contribution is -2.31. The average Bonchev–Trinajstić information content (AvgIpc) is 3.06. The van der Waals surface area contributed by atoms with Crippen molar-refractivity contribution in [1.82, 2.24) is 19.7 Å². The zero-order chi connectivity index (χ0) is 22.5. The van der Waals surface area contributed by atoms with Crippen molar-refractivity contribution in [1.29, 1.82) is 0 Å². The van der Waals surface area contributed by atoms with Gasteiger partial charge in [0, 0.05) is 42.1 Å². The highest BCUT2D eigenvalue weighted by Gasteiger charge is 2.13. The van der Waals surface area contributed by atoms with Gasteiger partial charge in [0.2, 0.25) is 5.91 Å². The number of rotatable bonds is 8. The van der Waals surface area contributed by atoms with Gasteiger partial charge in [0.15, 0.2) is 0 Å². The molecule has 0 aliphatic heterocycles. The van der Waals surface area contributed by atoms with Gasteiger partial charge >= 0.3 is 0 Å². The van der Waals surface area contributed by atoms with Crippen LogP contribution in [0.4, 0.5) is 0 Å². The summed E-state index contributed by atoms with van der Waals surface area (Å²) < 4.78 is 3.52. The Morgan fingerprint density at radius 3 is 2.58 bits per heavy atom. The van der Waals surface area contributed by atoms with Crippen LogP contribution in [0.5, 0.6) is 0 Å². The number of hydrogen-bond acceptors (Lipinski definition) is 4. The number of benzene rings is 1. The molecular formula is C23H28ClN5O2. The molecular weight excluding hydrogens is 414 g/mol. The molecule has 0 unspecified atom stereocenters. The first-order valence-corrected chi connectivity index (χ1v) is 10.6. The minimum absolute atomic E-state index is 0.0178. The van der Waals surface area contributed by atoms with Crippen LogP contribution in [-0.4, -0.2) is 20.3 Å². The lowest BCUT2D eigenvalue weighted by Gasteiger charge is -2.13. The fraction of sp³-hybridized carbons (Fsp3) is 0.348. The number of carbonyl (C=O) groups excluding carboxylic acids is 1. The van der Waals surface area contributed by atoms with Gasteiger partial charge in [-0.05, 0) is 61.7 Å². The number of hydrogen-bond donors (Lipinski definition) is 2. The molecule has 0 bridgehead atoms. The lowest BCUT2D eigenvalue weighted by atomic mass is 10.1. The van der Waals surface area contributed by atoms with Crippen LogP contribution in [0.15, 0.2) is 41.3 Å². The maximum Gasteiger partial charge on any atom is 0.254 e. The molecule has 3 aromatic rings. The Kier molecular flexibility index (Phi) is 7.30. The second-order valence-electron chi connectivity index (χ2n) is 7.70. The molecule has 2 aromatic heterocycles. The molecule has 3 N–H and O–H groups in total. The number of carbonyl (C=O) groups is 1. The largest absolute Gasteiger partial charge is 0.352 e.